The van der Waals surface area contributed by atoms with Crippen LogP contribution in [0.1, 0.15) is 80.6 Å². The summed E-state index contributed by atoms with van der Waals surface area (Å²) in [6.07, 6.45) is -1.50. The second-order valence-corrected chi connectivity index (χ2v) is 14.7. The number of benzene rings is 4. The summed E-state index contributed by atoms with van der Waals surface area (Å²) < 4.78 is 42.5. The van der Waals surface area contributed by atoms with Crippen molar-refractivity contribution < 1.29 is 23.1 Å². The number of fused-ring (bicyclic) bond motifs is 1. The molecular formula is C39H44O5P+. The van der Waals surface area contributed by atoms with Gasteiger partial charge in [0.2, 0.25) is 11.2 Å². The highest BCUT2D eigenvalue weighted by molar-refractivity contribution is 7.33. The second kappa shape index (κ2) is 11.3. The summed E-state index contributed by atoms with van der Waals surface area (Å²) in [5.41, 5.74) is 9.34. The summed E-state index contributed by atoms with van der Waals surface area (Å²) in [5.74, 6) is -1.00. The number of hydrogen-bond donors (Lipinski definition) is 0. The summed E-state index contributed by atoms with van der Waals surface area (Å²) in [7, 11) is -2.73. The molecule has 2 aliphatic heterocycles. The third kappa shape index (κ3) is 5.60. The zero-order valence-corrected chi connectivity index (χ0v) is 29.0. The van der Waals surface area contributed by atoms with Crippen molar-refractivity contribution in [2.75, 3.05) is 0 Å². The molecule has 4 aromatic rings. The van der Waals surface area contributed by atoms with Gasteiger partial charge in [-0.1, -0.05) is 126 Å². The molecule has 45 heavy (non-hydrogen) atoms. The van der Waals surface area contributed by atoms with Crippen molar-refractivity contribution in [2.45, 2.75) is 98.4 Å². The minimum absolute atomic E-state index is 0.752. The van der Waals surface area contributed by atoms with Gasteiger partial charge in [0.15, 0.2) is 5.79 Å². The minimum atomic E-state index is -2.73. The first-order valence-corrected chi connectivity index (χ1v) is 16.8. The summed E-state index contributed by atoms with van der Waals surface area (Å²) in [6, 6.07) is 25.4. The Kier molecular flexibility index (Phi) is 7.95. The van der Waals surface area contributed by atoms with Crippen LogP contribution >= 0.6 is 8.25 Å². The Morgan fingerprint density at radius 3 is 0.889 bits per heavy atom. The van der Waals surface area contributed by atoms with Gasteiger partial charge in [-0.3, -0.25) is 0 Å². The van der Waals surface area contributed by atoms with E-state index in [1.54, 1.807) is 0 Å². The van der Waals surface area contributed by atoms with Crippen molar-refractivity contribution in [1.82, 2.24) is 0 Å². The summed E-state index contributed by atoms with van der Waals surface area (Å²) in [4.78, 5) is 0. The van der Waals surface area contributed by atoms with E-state index in [-0.39, 0.29) is 0 Å². The molecule has 0 amide bonds. The van der Waals surface area contributed by atoms with Gasteiger partial charge in [0.05, 0.1) is 0 Å². The highest BCUT2D eigenvalue weighted by Crippen LogP contribution is 2.61. The molecule has 2 heterocycles. The second-order valence-electron chi connectivity index (χ2n) is 13.9. The Balaban J connectivity index is 1.76. The molecule has 234 valence electrons. The quantitative estimate of drug-likeness (QED) is 0.212. The van der Waals surface area contributed by atoms with E-state index >= 15 is 0 Å². The van der Waals surface area contributed by atoms with Crippen LogP contribution in [0.2, 0.25) is 0 Å². The van der Waals surface area contributed by atoms with Crippen molar-refractivity contribution >= 4 is 8.25 Å². The maximum absolute atomic E-state index is 14.7. The maximum atomic E-state index is 14.7. The standard InChI is InChI=1S/C39H44O5P/c1-23-11-24(2)16-31(15-23)38(32-17-25(3)12-26(4)18-32)35-36(42-37(9,10)41-35)39(44-45(40)43-38,33-19-27(5)13-28(6)20-33)34-21-29(7)14-30(8)22-34/h11-22,35-36H,1-10H3/q+1/t35-,36-/m0/s1. The van der Waals surface area contributed by atoms with E-state index in [1.807, 2.05) is 13.8 Å². The van der Waals surface area contributed by atoms with Gasteiger partial charge in [0.25, 0.3) is 0 Å². The summed E-state index contributed by atoms with van der Waals surface area (Å²) in [6.45, 7) is 20.4. The molecule has 0 saturated carbocycles. The summed E-state index contributed by atoms with van der Waals surface area (Å²) in [5, 5.41) is 0. The van der Waals surface area contributed by atoms with Gasteiger partial charge >= 0.3 is 8.25 Å². The van der Waals surface area contributed by atoms with Crippen LogP contribution in [0.3, 0.4) is 0 Å². The lowest BCUT2D eigenvalue weighted by molar-refractivity contribution is -0.174. The van der Waals surface area contributed by atoms with Crippen LogP contribution in [0.5, 0.6) is 0 Å². The van der Waals surface area contributed by atoms with Crippen molar-refractivity contribution in [3.8, 4) is 0 Å². The van der Waals surface area contributed by atoms with E-state index in [4.69, 9.17) is 18.5 Å². The largest absolute Gasteiger partial charge is 0.700 e. The highest BCUT2D eigenvalue weighted by Gasteiger charge is 2.71. The number of rotatable bonds is 4. The number of aryl methyl sites for hydroxylation is 8. The van der Waals surface area contributed by atoms with E-state index in [9.17, 15) is 4.57 Å². The van der Waals surface area contributed by atoms with E-state index in [1.165, 1.54) is 0 Å². The van der Waals surface area contributed by atoms with Gasteiger partial charge in [-0.25, -0.2) is 0 Å². The first kappa shape index (κ1) is 31.8. The topological polar surface area (TPSA) is 54.0 Å². The Labute approximate surface area is 268 Å². The highest BCUT2D eigenvalue weighted by atomic mass is 31.1. The van der Waals surface area contributed by atoms with Crippen LogP contribution in [0, 0.1) is 55.4 Å². The molecule has 5 nitrogen and oxygen atoms in total. The van der Waals surface area contributed by atoms with E-state index in [2.05, 4.69) is 128 Å². The molecule has 0 aliphatic carbocycles. The molecule has 0 bridgehead atoms. The monoisotopic (exact) mass is 623 g/mol. The van der Waals surface area contributed by atoms with Crippen molar-refractivity contribution in [1.29, 1.82) is 0 Å². The van der Waals surface area contributed by atoms with Crippen molar-refractivity contribution in [2.24, 2.45) is 0 Å². The molecule has 4 aromatic carbocycles. The third-order valence-corrected chi connectivity index (χ3v) is 9.81. The average Bonchev–Trinajstić information content (AvgIpc) is 3.18. The lowest BCUT2D eigenvalue weighted by atomic mass is 9.70. The minimum Gasteiger partial charge on any atom is -0.340 e. The SMILES string of the molecule is Cc1cc(C)cc(C2(c3cc(C)cc(C)c3)O[P+](=O)OC(c3cc(C)cc(C)c3)(c3cc(C)cc(C)c3)[C@H]3OC(C)(C)O[C@@H]32)c1. The molecule has 0 N–H and O–H groups in total. The Morgan fingerprint density at radius 1 is 0.444 bits per heavy atom. The van der Waals surface area contributed by atoms with Crippen molar-refractivity contribution in [3.05, 3.63) is 140 Å². The van der Waals surface area contributed by atoms with Crippen LogP contribution in [0.15, 0.2) is 72.8 Å². The fraction of sp³-hybridized carbons (Fsp3) is 0.385. The predicted octanol–water partition coefficient (Wildman–Crippen LogP) is 9.57. The maximum Gasteiger partial charge on any atom is 0.700 e. The van der Waals surface area contributed by atoms with Crippen LogP contribution in [-0.4, -0.2) is 18.0 Å². The fourth-order valence-corrected chi connectivity index (χ4v) is 8.81. The molecule has 2 aliphatic rings. The van der Waals surface area contributed by atoms with E-state index < -0.39 is 37.5 Å². The lowest BCUT2D eigenvalue weighted by Gasteiger charge is -2.39. The Bertz CT molecular complexity index is 1510. The average molecular weight is 624 g/mol. The third-order valence-electron chi connectivity index (χ3n) is 8.94. The molecule has 0 unspecified atom stereocenters. The molecule has 6 rings (SSSR count). The normalized spacial score (nSPS) is 21.8. The first-order chi connectivity index (χ1) is 21.1. The molecule has 0 aromatic heterocycles. The molecule has 6 heteroatoms. The lowest BCUT2D eigenvalue weighted by Crippen LogP contribution is -2.53. The van der Waals surface area contributed by atoms with Gasteiger partial charge in [0, 0.05) is 4.57 Å². The molecule has 2 atom stereocenters. The first-order valence-electron chi connectivity index (χ1n) is 15.7. The summed E-state index contributed by atoms with van der Waals surface area (Å²) >= 11 is 0. The predicted molar refractivity (Wildman–Crippen MR) is 179 cm³/mol. The fourth-order valence-electron chi connectivity index (χ4n) is 7.67. The van der Waals surface area contributed by atoms with Crippen LogP contribution < -0.4 is 0 Å². The Morgan fingerprint density at radius 2 is 0.667 bits per heavy atom. The molecule has 0 radical (unpaired) electrons. The molecule has 0 spiro atoms. The zero-order chi connectivity index (χ0) is 32.5. The van der Waals surface area contributed by atoms with Gasteiger partial charge in [-0.05, 0) is 91.5 Å². The van der Waals surface area contributed by atoms with Gasteiger partial charge in [-0.2, -0.15) is 0 Å². The van der Waals surface area contributed by atoms with E-state index in [0.29, 0.717) is 0 Å². The van der Waals surface area contributed by atoms with Gasteiger partial charge in [0.1, 0.15) is 12.2 Å². The molecular weight excluding hydrogens is 579 g/mol. The smallest absolute Gasteiger partial charge is 0.340 e. The van der Waals surface area contributed by atoms with Crippen molar-refractivity contribution in [3.63, 3.8) is 0 Å². The van der Waals surface area contributed by atoms with E-state index in [0.717, 1.165) is 66.8 Å². The van der Waals surface area contributed by atoms with Gasteiger partial charge < -0.3 is 9.47 Å². The van der Waals surface area contributed by atoms with Crippen LogP contribution in [0.4, 0.5) is 0 Å². The number of hydrogen-bond acceptors (Lipinski definition) is 5. The Hall–Kier alpha value is -3.18. The zero-order valence-electron chi connectivity index (χ0n) is 28.1. The van der Waals surface area contributed by atoms with Crippen LogP contribution in [0.25, 0.3) is 0 Å². The molecule has 2 saturated heterocycles. The van der Waals surface area contributed by atoms with Crippen LogP contribution in [-0.2, 0) is 34.3 Å². The number of ether oxygens (including phenoxy) is 2. The van der Waals surface area contributed by atoms with Gasteiger partial charge in [-0.15, -0.1) is 0 Å². The molecule has 2 fully saturated rings.